The van der Waals surface area contributed by atoms with E-state index < -0.39 is 11.8 Å². The molecule has 146 valence electrons. The molecule has 0 aliphatic carbocycles. The van der Waals surface area contributed by atoms with Gasteiger partial charge in [0.2, 0.25) is 5.91 Å². The second-order valence-corrected chi connectivity index (χ2v) is 7.42. The second kappa shape index (κ2) is 10.9. The van der Waals surface area contributed by atoms with Crippen LogP contribution >= 0.6 is 44.1 Å². The van der Waals surface area contributed by atoms with Gasteiger partial charge in [-0.3, -0.25) is 25.8 Å². The van der Waals surface area contributed by atoms with Gasteiger partial charge in [-0.2, -0.15) is 0 Å². The molecule has 0 aliphatic rings. The molecule has 2 rings (SSSR count). The van der Waals surface area contributed by atoms with Crippen LogP contribution in [-0.4, -0.2) is 23.5 Å². The summed E-state index contributed by atoms with van der Waals surface area (Å²) in [7, 11) is 0. The van der Waals surface area contributed by atoms with Crippen LogP contribution in [0, 0.1) is 5.82 Å². The summed E-state index contributed by atoms with van der Waals surface area (Å²) in [4.78, 5) is 23.6. The van der Waals surface area contributed by atoms with Crippen LogP contribution in [0.2, 0.25) is 0 Å². The average Bonchev–Trinajstić information content (AvgIpc) is 2.65. The normalized spacial score (nSPS) is 10.4. The summed E-state index contributed by atoms with van der Waals surface area (Å²) in [5.74, 6) is -0.862. The summed E-state index contributed by atoms with van der Waals surface area (Å²) in [6.45, 7) is -0.256. The van der Waals surface area contributed by atoms with Gasteiger partial charge in [0.15, 0.2) is 11.7 Å². The van der Waals surface area contributed by atoms with Gasteiger partial charge in [0, 0.05) is 10.5 Å². The van der Waals surface area contributed by atoms with E-state index in [0.29, 0.717) is 15.8 Å². The first-order valence-electron chi connectivity index (χ1n) is 7.75. The molecule has 2 aromatic rings. The number of amides is 2. The molecule has 3 N–H and O–H groups in total. The van der Waals surface area contributed by atoms with E-state index in [9.17, 15) is 14.0 Å². The van der Waals surface area contributed by atoms with Crippen LogP contribution in [0.5, 0.6) is 5.75 Å². The SMILES string of the molecule is O=C(C=Cc1ccc(F)cc1)NC(=S)NNC(=O)COc1ccc(Br)cc1Br. The Kier molecular flexibility index (Phi) is 8.55. The lowest BCUT2D eigenvalue weighted by Gasteiger charge is -2.11. The fraction of sp³-hybridized carbons (Fsp3) is 0.0556. The van der Waals surface area contributed by atoms with E-state index in [2.05, 4.69) is 48.0 Å². The number of hydrogen-bond donors (Lipinski definition) is 3. The van der Waals surface area contributed by atoms with Crippen molar-refractivity contribution in [3.05, 3.63) is 68.9 Å². The summed E-state index contributed by atoms with van der Waals surface area (Å²) < 4.78 is 19.8. The van der Waals surface area contributed by atoms with Crippen molar-refractivity contribution < 1.29 is 18.7 Å². The van der Waals surface area contributed by atoms with Crippen molar-refractivity contribution in [1.82, 2.24) is 16.2 Å². The lowest BCUT2D eigenvalue weighted by Crippen LogP contribution is -2.49. The summed E-state index contributed by atoms with van der Waals surface area (Å²) >= 11 is 11.6. The number of carbonyl (C=O) groups is 2. The van der Waals surface area contributed by atoms with E-state index in [1.807, 2.05) is 0 Å². The maximum absolute atomic E-state index is 12.8. The van der Waals surface area contributed by atoms with Crippen molar-refractivity contribution in [3.8, 4) is 5.75 Å². The minimum atomic E-state index is -0.508. The molecule has 0 bridgehead atoms. The number of hydrazine groups is 1. The third-order valence-electron chi connectivity index (χ3n) is 3.10. The Labute approximate surface area is 182 Å². The van der Waals surface area contributed by atoms with Gasteiger partial charge in [-0.25, -0.2) is 4.39 Å². The molecule has 10 heteroatoms. The van der Waals surface area contributed by atoms with E-state index in [-0.39, 0.29) is 17.5 Å². The third-order valence-corrected chi connectivity index (χ3v) is 4.42. The predicted molar refractivity (Wildman–Crippen MR) is 115 cm³/mol. The molecule has 0 saturated heterocycles. The van der Waals surface area contributed by atoms with Crippen LogP contribution in [0.15, 0.2) is 57.5 Å². The van der Waals surface area contributed by atoms with E-state index >= 15 is 0 Å². The van der Waals surface area contributed by atoms with Crippen molar-refractivity contribution in [2.75, 3.05) is 6.61 Å². The molecule has 0 fully saturated rings. The minimum Gasteiger partial charge on any atom is -0.483 e. The predicted octanol–water partition coefficient (Wildman–Crippen LogP) is 3.46. The number of hydrogen-bond acceptors (Lipinski definition) is 4. The topological polar surface area (TPSA) is 79.5 Å². The van der Waals surface area contributed by atoms with Crippen molar-refractivity contribution in [2.24, 2.45) is 0 Å². The van der Waals surface area contributed by atoms with Gasteiger partial charge < -0.3 is 4.74 Å². The number of carbonyl (C=O) groups excluding carboxylic acids is 2. The van der Waals surface area contributed by atoms with E-state index in [1.54, 1.807) is 18.2 Å². The number of halogens is 3. The molecule has 0 atom stereocenters. The van der Waals surface area contributed by atoms with Gasteiger partial charge in [-0.1, -0.05) is 28.1 Å². The number of nitrogens with one attached hydrogen (secondary N) is 3. The van der Waals surface area contributed by atoms with Crippen molar-refractivity contribution in [1.29, 1.82) is 0 Å². The van der Waals surface area contributed by atoms with Crippen LogP contribution in [0.4, 0.5) is 4.39 Å². The first kappa shape index (κ1) is 22.0. The van der Waals surface area contributed by atoms with Crippen LogP contribution in [0.3, 0.4) is 0 Å². The smallest absolute Gasteiger partial charge is 0.276 e. The van der Waals surface area contributed by atoms with Crippen LogP contribution < -0.4 is 20.9 Å². The Morgan fingerprint density at radius 2 is 1.82 bits per heavy atom. The van der Waals surface area contributed by atoms with E-state index in [4.69, 9.17) is 17.0 Å². The molecule has 2 aromatic carbocycles. The highest BCUT2D eigenvalue weighted by atomic mass is 79.9. The number of ether oxygens (including phenoxy) is 1. The Morgan fingerprint density at radius 1 is 1.11 bits per heavy atom. The maximum Gasteiger partial charge on any atom is 0.276 e. The van der Waals surface area contributed by atoms with Gasteiger partial charge in [0.25, 0.3) is 5.91 Å². The van der Waals surface area contributed by atoms with Crippen LogP contribution in [-0.2, 0) is 9.59 Å². The highest BCUT2D eigenvalue weighted by Gasteiger charge is 2.07. The van der Waals surface area contributed by atoms with Crippen molar-refractivity contribution in [3.63, 3.8) is 0 Å². The maximum atomic E-state index is 12.8. The lowest BCUT2D eigenvalue weighted by molar-refractivity contribution is -0.123. The Balaban J connectivity index is 1.71. The van der Waals surface area contributed by atoms with E-state index in [0.717, 1.165) is 4.47 Å². The molecular formula is C18H14Br2FN3O3S. The summed E-state index contributed by atoms with van der Waals surface area (Å²) in [5.41, 5.74) is 5.36. The standard InChI is InChI=1S/C18H14Br2FN3O3S/c19-12-4-7-15(14(20)9-12)27-10-17(26)23-24-18(28)22-16(25)8-3-11-1-5-13(21)6-2-11/h1-9H,10H2,(H,23,26)(H2,22,24,25,28). The first-order valence-corrected chi connectivity index (χ1v) is 9.74. The fourth-order valence-corrected chi connectivity index (χ4v) is 3.14. The molecule has 6 nitrogen and oxygen atoms in total. The molecule has 0 spiro atoms. The van der Waals surface area contributed by atoms with Crippen LogP contribution in [0.1, 0.15) is 5.56 Å². The zero-order valence-corrected chi connectivity index (χ0v) is 18.2. The number of benzene rings is 2. The third kappa shape index (κ3) is 7.75. The summed E-state index contributed by atoms with van der Waals surface area (Å²) in [5, 5.41) is 2.27. The Hall–Kier alpha value is -2.30. The molecule has 0 unspecified atom stereocenters. The minimum absolute atomic E-state index is 0.0908. The first-order chi connectivity index (χ1) is 13.3. The van der Waals surface area contributed by atoms with Gasteiger partial charge in [-0.05, 0) is 70.1 Å². The zero-order chi connectivity index (χ0) is 20.5. The average molecular weight is 531 g/mol. The quantitative estimate of drug-likeness (QED) is 0.313. The molecule has 0 aliphatic heterocycles. The molecule has 0 radical (unpaired) electrons. The molecule has 28 heavy (non-hydrogen) atoms. The highest BCUT2D eigenvalue weighted by Crippen LogP contribution is 2.27. The van der Waals surface area contributed by atoms with Crippen molar-refractivity contribution >= 4 is 67.1 Å². The number of rotatable bonds is 5. The molecular weight excluding hydrogens is 517 g/mol. The Morgan fingerprint density at radius 3 is 2.50 bits per heavy atom. The Bertz CT molecular complexity index is 907. The lowest BCUT2D eigenvalue weighted by atomic mass is 10.2. The number of thiocarbonyl (C=S) groups is 1. The zero-order valence-electron chi connectivity index (χ0n) is 14.2. The van der Waals surface area contributed by atoms with Crippen molar-refractivity contribution in [2.45, 2.75) is 0 Å². The molecule has 2 amide bonds. The molecule has 0 aromatic heterocycles. The second-order valence-electron chi connectivity index (χ2n) is 5.24. The monoisotopic (exact) mass is 529 g/mol. The van der Waals surface area contributed by atoms with Gasteiger partial charge in [0.05, 0.1) is 4.47 Å². The molecule has 0 saturated carbocycles. The molecule has 0 heterocycles. The summed E-state index contributed by atoms with van der Waals surface area (Å²) in [6.07, 6.45) is 2.73. The fourth-order valence-electron chi connectivity index (χ4n) is 1.83. The van der Waals surface area contributed by atoms with Gasteiger partial charge in [0.1, 0.15) is 11.6 Å². The van der Waals surface area contributed by atoms with Gasteiger partial charge in [-0.15, -0.1) is 0 Å². The van der Waals surface area contributed by atoms with Gasteiger partial charge >= 0.3 is 0 Å². The highest BCUT2D eigenvalue weighted by molar-refractivity contribution is 9.11. The van der Waals surface area contributed by atoms with E-state index in [1.165, 1.54) is 36.4 Å². The summed E-state index contributed by atoms with van der Waals surface area (Å²) in [6, 6.07) is 10.9. The largest absolute Gasteiger partial charge is 0.483 e. The van der Waals surface area contributed by atoms with Crippen LogP contribution in [0.25, 0.3) is 6.08 Å².